The minimum atomic E-state index is -0.107. The molecule has 0 unspecified atom stereocenters. The molecule has 3 heteroatoms. The van der Waals surface area contributed by atoms with Crippen LogP contribution in [0.4, 0.5) is 11.4 Å². The molecule has 69 heavy (non-hydrogen) atoms. The van der Waals surface area contributed by atoms with Gasteiger partial charge >= 0.3 is 0 Å². The summed E-state index contributed by atoms with van der Waals surface area (Å²) in [6.45, 7) is 9.43. The molecule has 0 fully saturated rings. The van der Waals surface area contributed by atoms with Gasteiger partial charge in [-0.2, -0.15) is 0 Å². The highest BCUT2D eigenvalue weighted by Crippen LogP contribution is 2.54. The zero-order valence-electron chi connectivity index (χ0n) is 38.9. The highest BCUT2D eigenvalue weighted by atomic mass is 35.5. The fraction of sp³-hybridized carbons (Fsp3) is 0.0909. The summed E-state index contributed by atoms with van der Waals surface area (Å²) in [4.78, 5) is 3.65. The predicted molar refractivity (Wildman–Crippen MR) is 297 cm³/mol. The average molecular weight is 904 g/mol. The van der Waals surface area contributed by atoms with Crippen molar-refractivity contribution in [3.63, 3.8) is 0 Å². The third kappa shape index (κ3) is 5.79. The zero-order valence-corrected chi connectivity index (χ0v) is 39.7. The lowest BCUT2D eigenvalue weighted by molar-refractivity contribution is 0.661. The number of hydrogen-bond donors (Lipinski definition) is 2. The van der Waals surface area contributed by atoms with Gasteiger partial charge in [0.15, 0.2) is 0 Å². The minimum Gasteiger partial charge on any atom is -0.355 e. The molecule has 0 saturated heterocycles. The number of benzene rings is 12. The Morgan fingerprint density at radius 1 is 0.319 bits per heavy atom. The normalized spacial score (nSPS) is 14.1. The number of aromatic nitrogens is 1. The summed E-state index contributed by atoms with van der Waals surface area (Å²) < 4.78 is 0. The average Bonchev–Trinajstić information content (AvgIpc) is 3.94. The number of para-hydroxylation sites is 2. The van der Waals surface area contributed by atoms with Crippen molar-refractivity contribution in [1.29, 1.82) is 0 Å². The van der Waals surface area contributed by atoms with E-state index in [1.165, 1.54) is 131 Å². The van der Waals surface area contributed by atoms with Gasteiger partial charge in [0.2, 0.25) is 0 Å². The molecule has 15 rings (SSSR count). The Morgan fingerprint density at radius 3 is 1.20 bits per heavy atom. The molecule has 2 N–H and O–H groups in total. The first-order valence-corrected chi connectivity index (χ1v) is 24.5. The second kappa shape index (κ2) is 14.5. The lowest BCUT2D eigenvalue weighted by atomic mass is 9.81. The van der Waals surface area contributed by atoms with Crippen LogP contribution in [0.3, 0.4) is 0 Å². The van der Waals surface area contributed by atoms with Gasteiger partial charge in [0.25, 0.3) is 0 Å². The number of anilines is 2. The van der Waals surface area contributed by atoms with E-state index < -0.39 is 0 Å². The standard InChI is InChI=1S/C33H24ClN.C33H23N/c1-33(2)29-17-20(35-32-14-8-7-13-31(32)34)15-16-25(29)28-18-26-23-11-5-3-9-21(23)22-10-4-6-12-24(22)27(26)19-30(28)33;1-33(2)29-17-25-22-12-6-4-10-20(22)19-9-3-5-11-21(19)24(25)15-26(29)27-16-28-23-13-7-8-14-31(23)34-32(28)18-30(27)33/h3-19,35H,1-2H3;3-18,34H,1-2H3. The smallest absolute Gasteiger partial charge is 0.0640 e. The van der Waals surface area contributed by atoms with E-state index in [-0.39, 0.29) is 10.8 Å². The second-order valence-electron chi connectivity index (χ2n) is 20.3. The van der Waals surface area contributed by atoms with Crippen molar-refractivity contribution in [3.8, 4) is 22.3 Å². The molecule has 2 aliphatic rings. The van der Waals surface area contributed by atoms with Crippen LogP contribution >= 0.6 is 11.6 Å². The third-order valence-electron chi connectivity index (χ3n) is 15.9. The zero-order chi connectivity index (χ0) is 46.3. The summed E-state index contributed by atoms with van der Waals surface area (Å²) >= 11 is 6.41. The van der Waals surface area contributed by atoms with Crippen molar-refractivity contribution in [2.24, 2.45) is 0 Å². The van der Waals surface area contributed by atoms with Gasteiger partial charge in [0.1, 0.15) is 0 Å². The van der Waals surface area contributed by atoms with Gasteiger partial charge in [0.05, 0.1) is 10.7 Å². The number of rotatable bonds is 2. The SMILES string of the molecule is CC1(C)c2cc(Nc3ccccc3Cl)ccc2-c2cc3c4ccccc4c4ccccc4c3cc21.CC1(C)c2cc3[nH]c4ccccc4c3cc2-c2cc3c4ccccc4c4ccccc4c3cc21. The number of aromatic amines is 1. The molecular weight excluding hydrogens is 856 g/mol. The first-order valence-electron chi connectivity index (χ1n) is 24.1. The van der Waals surface area contributed by atoms with Crippen LogP contribution in [0.15, 0.2) is 200 Å². The first kappa shape index (κ1) is 40.2. The molecule has 0 radical (unpaired) electrons. The molecule has 0 amide bonds. The van der Waals surface area contributed by atoms with Crippen molar-refractivity contribution >= 4 is 109 Å². The van der Waals surface area contributed by atoms with Crippen LogP contribution in [0, 0.1) is 0 Å². The topological polar surface area (TPSA) is 27.8 Å². The van der Waals surface area contributed by atoms with Gasteiger partial charge in [-0.25, -0.2) is 0 Å². The van der Waals surface area contributed by atoms with Crippen molar-refractivity contribution in [2.75, 3.05) is 5.32 Å². The van der Waals surface area contributed by atoms with Gasteiger partial charge in [-0.3, -0.25) is 0 Å². The predicted octanol–water partition coefficient (Wildman–Crippen LogP) is 18.9. The Morgan fingerprint density at radius 2 is 0.696 bits per heavy atom. The van der Waals surface area contributed by atoms with Crippen LogP contribution in [0.1, 0.15) is 49.9 Å². The number of halogens is 1. The molecule has 2 aliphatic carbocycles. The van der Waals surface area contributed by atoms with Crippen molar-refractivity contribution in [1.82, 2.24) is 4.98 Å². The van der Waals surface area contributed by atoms with E-state index in [0.717, 1.165) is 16.4 Å². The molecule has 0 saturated carbocycles. The molecule has 0 bridgehead atoms. The van der Waals surface area contributed by atoms with Crippen LogP contribution < -0.4 is 5.32 Å². The Bertz CT molecular complexity index is 4360. The van der Waals surface area contributed by atoms with E-state index in [9.17, 15) is 0 Å². The summed E-state index contributed by atoms with van der Waals surface area (Å²) in [6.07, 6.45) is 0. The van der Waals surface area contributed by atoms with E-state index in [1.807, 2.05) is 24.3 Å². The molecule has 0 aliphatic heterocycles. The monoisotopic (exact) mass is 902 g/mol. The molecule has 2 nitrogen and oxygen atoms in total. The van der Waals surface area contributed by atoms with Crippen molar-refractivity contribution in [2.45, 2.75) is 38.5 Å². The molecule has 328 valence electrons. The van der Waals surface area contributed by atoms with E-state index in [1.54, 1.807) is 0 Å². The Hall–Kier alpha value is -7.91. The highest BCUT2D eigenvalue weighted by Gasteiger charge is 2.38. The largest absolute Gasteiger partial charge is 0.355 e. The fourth-order valence-electron chi connectivity index (χ4n) is 12.4. The maximum atomic E-state index is 6.41. The van der Waals surface area contributed by atoms with Gasteiger partial charge in [-0.05, 0) is 176 Å². The molecule has 1 aromatic heterocycles. The second-order valence-corrected chi connectivity index (χ2v) is 20.7. The summed E-state index contributed by atoms with van der Waals surface area (Å²) in [5.74, 6) is 0. The van der Waals surface area contributed by atoms with E-state index in [4.69, 9.17) is 11.6 Å². The van der Waals surface area contributed by atoms with Crippen molar-refractivity contribution in [3.05, 3.63) is 227 Å². The quantitative estimate of drug-likeness (QED) is 0.166. The maximum Gasteiger partial charge on any atom is 0.0640 e. The summed E-state index contributed by atoms with van der Waals surface area (Å²) in [6, 6.07) is 73.2. The van der Waals surface area contributed by atoms with E-state index >= 15 is 0 Å². The van der Waals surface area contributed by atoms with Gasteiger partial charge in [0, 0.05) is 38.3 Å². The lowest BCUT2D eigenvalue weighted by Crippen LogP contribution is -2.15. The number of nitrogens with one attached hydrogen (secondary N) is 2. The summed E-state index contributed by atoms with van der Waals surface area (Å²) in [7, 11) is 0. The number of H-pyrrole nitrogens is 1. The number of fused-ring (bicyclic) bond motifs is 21. The van der Waals surface area contributed by atoms with E-state index in [0.29, 0.717) is 0 Å². The Labute approximate surface area is 405 Å². The number of hydrogen-bond acceptors (Lipinski definition) is 1. The van der Waals surface area contributed by atoms with Gasteiger partial charge in [-0.1, -0.05) is 173 Å². The van der Waals surface area contributed by atoms with Gasteiger partial charge < -0.3 is 10.3 Å². The minimum absolute atomic E-state index is 0.0584. The van der Waals surface area contributed by atoms with Crippen LogP contribution in [0.5, 0.6) is 0 Å². The Kier molecular flexibility index (Phi) is 8.47. The first-order chi connectivity index (χ1) is 33.6. The van der Waals surface area contributed by atoms with Crippen LogP contribution in [0.25, 0.3) is 109 Å². The van der Waals surface area contributed by atoms with Gasteiger partial charge in [-0.15, -0.1) is 0 Å². The lowest BCUT2D eigenvalue weighted by Gasteiger charge is -2.23. The molecule has 12 aromatic carbocycles. The molecule has 0 spiro atoms. The highest BCUT2D eigenvalue weighted by molar-refractivity contribution is 6.33. The molecule has 13 aromatic rings. The Balaban J connectivity index is 0.000000130. The van der Waals surface area contributed by atoms with Crippen LogP contribution in [0.2, 0.25) is 5.02 Å². The van der Waals surface area contributed by atoms with Crippen LogP contribution in [-0.2, 0) is 10.8 Å². The van der Waals surface area contributed by atoms with Crippen LogP contribution in [-0.4, -0.2) is 4.98 Å². The summed E-state index contributed by atoms with van der Waals surface area (Å²) in [5.41, 5.74) is 15.2. The maximum absolute atomic E-state index is 6.41. The van der Waals surface area contributed by atoms with Crippen molar-refractivity contribution < 1.29 is 0 Å². The summed E-state index contributed by atoms with van der Waals surface area (Å²) in [5, 5.41) is 22.8. The molecular formula is C66H47ClN2. The molecule has 0 atom stereocenters. The molecule has 1 heterocycles. The fourth-order valence-corrected chi connectivity index (χ4v) is 12.6. The third-order valence-corrected chi connectivity index (χ3v) is 16.2. The van der Waals surface area contributed by atoms with E-state index in [2.05, 4.69) is 214 Å².